The molecule has 14 heteroatoms. The number of hydrogen-bond acceptors (Lipinski definition) is 1. The van der Waals surface area contributed by atoms with Gasteiger partial charge in [0.2, 0.25) is 0 Å². The quantitative estimate of drug-likeness (QED) is 0.364. The molecular weight excluding hydrogens is 479 g/mol. The molecule has 0 bridgehead atoms. The molecular formula is C18H17F13O. The summed E-state index contributed by atoms with van der Waals surface area (Å²) in [6, 6.07) is 4.56. The van der Waals surface area contributed by atoms with Gasteiger partial charge in [0.1, 0.15) is 0 Å². The van der Waals surface area contributed by atoms with Crippen LogP contribution in [0.1, 0.15) is 37.5 Å². The van der Waals surface area contributed by atoms with Crippen LogP contribution in [-0.4, -0.2) is 40.9 Å². The fourth-order valence-electron chi connectivity index (χ4n) is 2.78. The number of halogens is 13. The Morgan fingerprint density at radius 2 is 1.22 bits per heavy atom. The second-order valence-electron chi connectivity index (χ2n) is 7.15. The molecule has 2 atom stereocenters. The van der Waals surface area contributed by atoms with Gasteiger partial charge in [-0.2, -0.15) is 57.1 Å². The number of aliphatic hydroxyl groups is 1. The lowest BCUT2D eigenvalue weighted by molar-refractivity contribution is -0.444. The maximum absolute atomic E-state index is 14.2. The molecule has 0 spiro atoms. The summed E-state index contributed by atoms with van der Waals surface area (Å²) >= 11 is 0. The lowest BCUT2D eigenvalue weighted by atomic mass is 9.83. The molecule has 0 amide bonds. The van der Waals surface area contributed by atoms with Crippen LogP contribution in [0.25, 0.3) is 0 Å². The van der Waals surface area contributed by atoms with Crippen LogP contribution in [0.4, 0.5) is 57.1 Å². The van der Waals surface area contributed by atoms with Gasteiger partial charge in [0.15, 0.2) is 0 Å². The molecule has 0 aliphatic rings. The fraction of sp³-hybridized carbons (Fsp3) is 0.667. The van der Waals surface area contributed by atoms with Crippen LogP contribution in [0.3, 0.4) is 0 Å². The Balaban J connectivity index is 3.45. The van der Waals surface area contributed by atoms with E-state index in [0.717, 1.165) is 12.1 Å². The molecule has 2 unspecified atom stereocenters. The predicted molar refractivity (Wildman–Crippen MR) is 85.4 cm³/mol. The molecule has 0 saturated heterocycles. The summed E-state index contributed by atoms with van der Waals surface area (Å²) in [4.78, 5) is 0. The Kier molecular flexibility index (Phi) is 7.57. The highest BCUT2D eigenvalue weighted by atomic mass is 19.4. The average molecular weight is 496 g/mol. The van der Waals surface area contributed by atoms with Crippen molar-refractivity contribution in [2.45, 2.75) is 68.6 Å². The van der Waals surface area contributed by atoms with E-state index in [9.17, 15) is 62.2 Å². The van der Waals surface area contributed by atoms with Gasteiger partial charge in [-0.1, -0.05) is 44.5 Å². The topological polar surface area (TPSA) is 20.2 Å². The van der Waals surface area contributed by atoms with Crippen LogP contribution in [0, 0.1) is 5.92 Å². The number of rotatable bonds is 9. The molecule has 0 aliphatic heterocycles. The summed E-state index contributed by atoms with van der Waals surface area (Å²) in [5.74, 6) is -40.7. The third-order valence-electron chi connectivity index (χ3n) is 4.83. The van der Waals surface area contributed by atoms with E-state index in [-0.39, 0.29) is 6.92 Å². The van der Waals surface area contributed by atoms with Gasteiger partial charge in [0.25, 0.3) is 0 Å². The van der Waals surface area contributed by atoms with E-state index in [1.54, 1.807) is 6.92 Å². The van der Waals surface area contributed by atoms with Gasteiger partial charge in [-0.25, -0.2) is 0 Å². The first-order chi connectivity index (χ1) is 14.1. The molecule has 0 aromatic heterocycles. The van der Waals surface area contributed by atoms with E-state index >= 15 is 0 Å². The molecule has 0 saturated carbocycles. The van der Waals surface area contributed by atoms with Gasteiger partial charge in [-0.15, -0.1) is 0 Å². The lowest BCUT2D eigenvalue weighted by Gasteiger charge is -2.42. The highest BCUT2D eigenvalue weighted by Gasteiger charge is 2.91. The van der Waals surface area contributed by atoms with Crippen LogP contribution in [-0.2, 0) is 6.42 Å². The molecule has 0 fully saturated rings. The maximum atomic E-state index is 14.2. The molecule has 1 aromatic carbocycles. The molecule has 1 N–H and O–H groups in total. The lowest BCUT2D eigenvalue weighted by Crippen LogP contribution is -2.71. The van der Waals surface area contributed by atoms with Crippen molar-refractivity contribution in [2.24, 2.45) is 5.92 Å². The summed E-state index contributed by atoms with van der Waals surface area (Å²) in [5.41, 5.74) is -0.123. The van der Waals surface area contributed by atoms with Gasteiger partial charge >= 0.3 is 35.8 Å². The second kappa shape index (κ2) is 8.56. The smallest absolute Gasteiger partial charge is 0.388 e. The third-order valence-corrected chi connectivity index (χ3v) is 4.83. The van der Waals surface area contributed by atoms with Crippen molar-refractivity contribution < 1.29 is 62.2 Å². The normalized spacial score (nSPS) is 16.8. The largest absolute Gasteiger partial charge is 0.460 e. The first-order valence-corrected chi connectivity index (χ1v) is 8.84. The standard InChI is InChI=1S/C18H17F13O/c1-3-5-10-6-4-7-11(8-10)12(32)9(2)13(19,20)14(21,22)15(23,24)16(25,26)17(27,28)18(29,30)31/h4,6-9,12,32H,3,5H2,1-2H3. The molecule has 0 heterocycles. The van der Waals surface area contributed by atoms with Crippen molar-refractivity contribution in [2.75, 3.05) is 0 Å². The van der Waals surface area contributed by atoms with Gasteiger partial charge in [-0.05, 0) is 17.5 Å². The minimum absolute atomic E-state index is 0.0290. The summed E-state index contributed by atoms with van der Waals surface area (Å²) in [5, 5.41) is 9.96. The molecule has 186 valence electrons. The molecule has 1 nitrogen and oxygen atoms in total. The number of benzene rings is 1. The summed E-state index contributed by atoms with van der Waals surface area (Å²) < 4.78 is 172. The van der Waals surface area contributed by atoms with E-state index in [4.69, 9.17) is 0 Å². The molecule has 0 aliphatic carbocycles. The molecule has 0 radical (unpaired) electrons. The van der Waals surface area contributed by atoms with Gasteiger partial charge in [0.05, 0.1) is 12.0 Å². The van der Waals surface area contributed by atoms with Crippen molar-refractivity contribution in [3.8, 4) is 0 Å². The van der Waals surface area contributed by atoms with Crippen LogP contribution in [0.2, 0.25) is 0 Å². The highest BCUT2D eigenvalue weighted by molar-refractivity contribution is 5.26. The van der Waals surface area contributed by atoms with E-state index in [1.807, 2.05) is 0 Å². The maximum Gasteiger partial charge on any atom is 0.460 e. The third kappa shape index (κ3) is 4.26. The minimum atomic E-state index is -7.96. The Morgan fingerprint density at radius 3 is 1.66 bits per heavy atom. The number of hydrogen-bond donors (Lipinski definition) is 1. The van der Waals surface area contributed by atoms with Crippen LogP contribution in [0.15, 0.2) is 24.3 Å². The first-order valence-electron chi connectivity index (χ1n) is 8.84. The molecule has 1 aromatic rings. The second-order valence-corrected chi connectivity index (χ2v) is 7.15. The monoisotopic (exact) mass is 496 g/mol. The molecule has 32 heavy (non-hydrogen) atoms. The summed E-state index contributed by atoms with van der Waals surface area (Å²) in [6.45, 7) is 1.72. The number of alkyl halides is 13. The van der Waals surface area contributed by atoms with Gasteiger partial charge < -0.3 is 5.11 Å². The zero-order valence-electron chi connectivity index (χ0n) is 16.2. The van der Waals surface area contributed by atoms with Crippen molar-refractivity contribution in [1.29, 1.82) is 0 Å². The van der Waals surface area contributed by atoms with E-state index < -0.39 is 53.4 Å². The first kappa shape index (κ1) is 28.3. The van der Waals surface area contributed by atoms with Crippen LogP contribution < -0.4 is 0 Å². The fourth-order valence-corrected chi connectivity index (χ4v) is 2.78. The molecule has 1 rings (SSSR count). The highest BCUT2D eigenvalue weighted by Crippen LogP contribution is 2.61. The Morgan fingerprint density at radius 1 is 0.750 bits per heavy atom. The summed E-state index contributed by atoms with van der Waals surface area (Å²) in [7, 11) is 0. The Labute approximate surface area is 173 Å². The van der Waals surface area contributed by atoms with Crippen molar-refractivity contribution in [3.63, 3.8) is 0 Å². The minimum Gasteiger partial charge on any atom is -0.388 e. The van der Waals surface area contributed by atoms with E-state index in [1.165, 1.54) is 12.1 Å². The van der Waals surface area contributed by atoms with Crippen molar-refractivity contribution in [3.05, 3.63) is 35.4 Å². The van der Waals surface area contributed by atoms with Crippen molar-refractivity contribution >= 4 is 0 Å². The Hall–Kier alpha value is -1.73. The van der Waals surface area contributed by atoms with E-state index in [0.29, 0.717) is 18.4 Å². The Bertz CT molecular complexity index is 785. The zero-order valence-corrected chi connectivity index (χ0v) is 16.2. The van der Waals surface area contributed by atoms with Gasteiger partial charge in [0, 0.05) is 0 Å². The van der Waals surface area contributed by atoms with Crippen molar-refractivity contribution in [1.82, 2.24) is 0 Å². The van der Waals surface area contributed by atoms with E-state index in [2.05, 4.69) is 0 Å². The zero-order chi connectivity index (χ0) is 25.6. The van der Waals surface area contributed by atoms with Crippen LogP contribution >= 0.6 is 0 Å². The number of aryl methyl sites for hydroxylation is 1. The van der Waals surface area contributed by atoms with Crippen LogP contribution in [0.5, 0.6) is 0 Å². The predicted octanol–water partition coefficient (Wildman–Crippen LogP) is 7.05. The summed E-state index contributed by atoms with van der Waals surface area (Å²) in [6.07, 6.45) is -9.33. The average Bonchev–Trinajstić information content (AvgIpc) is 2.65. The SMILES string of the molecule is CCCc1cccc(C(O)C(C)C(F)(F)C(F)(F)C(F)(F)C(F)(F)C(F)(F)C(F)(F)F)c1. The van der Waals surface area contributed by atoms with Gasteiger partial charge in [-0.3, -0.25) is 0 Å². The number of aliphatic hydroxyl groups excluding tert-OH is 1.